The summed E-state index contributed by atoms with van der Waals surface area (Å²) < 4.78 is 0. The molecule has 6 N–H and O–H groups in total. The number of nitrogens with two attached hydrogens (primary N) is 1. The molecular formula is C29H39BN6O4. The monoisotopic (exact) mass is 546 g/mol. The summed E-state index contributed by atoms with van der Waals surface area (Å²) in [6.45, 7) is 2.04. The van der Waals surface area contributed by atoms with Gasteiger partial charge in [-0.15, -0.1) is 0 Å². The lowest BCUT2D eigenvalue weighted by molar-refractivity contribution is -0.143. The average Bonchev–Trinajstić information content (AvgIpc) is 3.35. The van der Waals surface area contributed by atoms with Crippen molar-refractivity contribution in [1.82, 2.24) is 26.1 Å². The number of urea groups is 1. The summed E-state index contributed by atoms with van der Waals surface area (Å²) in [5.41, 5.74) is 7.21. The second-order valence-corrected chi connectivity index (χ2v) is 10.6. The smallest absolute Gasteiger partial charge is 0.312 e. The Morgan fingerprint density at radius 3 is 2.12 bits per heavy atom. The van der Waals surface area contributed by atoms with Crippen molar-refractivity contribution in [3.05, 3.63) is 71.8 Å². The third kappa shape index (κ3) is 6.64. The topological polar surface area (TPSA) is 146 Å². The lowest BCUT2D eigenvalue weighted by atomic mass is 9.92. The maximum atomic E-state index is 14.1. The Labute approximate surface area is 236 Å². The van der Waals surface area contributed by atoms with Crippen molar-refractivity contribution in [2.24, 2.45) is 11.7 Å². The molecule has 0 bridgehead atoms. The van der Waals surface area contributed by atoms with Crippen molar-refractivity contribution >= 4 is 31.7 Å². The van der Waals surface area contributed by atoms with E-state index < -0.39 is 24.2 Å². The number of primary amides is 1. The lowest BCUT2D eigenvalue weighted by Gasteiger charge is -2.33. The van der Waals surface area contributed by atoms with Gasteiger partial charge in [0.2, 0.25) is 17.7 Å². The van der Waals surface area contributed by atoms with Crippen LogP contribution in [-0.4, -0.2) is 67.3 Å². The van der Waals surface area contributed by atoms with Crippen molar-refractivity contribution in [3.63, 3.8) is 0 Å². The third-order valence-corrected chi connectivity index (χ3v) is 8.13. The Kier molecular flexibility index (Phi) is 9.81. The van der Waals surface area contributed by atoms with Gasteiger partial charge < -0.3 is 31.8 Å². The molecule has 0 unspecified atom stereocenters. The number of hydrogen-bond acceptors (Lipinski definition) is 5. The summed E-state index contributed by atoms with van der Waals surface area (Å²) >= 11 is 0. The molecule has 2 aromatic carbocycles. The molecule has 11 heteroatoms. The fourth-order valence-electron chi connectivity index (χ4n) is 5.99. The summed E-state index contributed by atoms with van der Waals surface area (Å²) in [5, 5.41) is 11.7. The zero-order valence-corrected chi connectivity index (χ0v) is 23.1. The van der Waals surface area contributed by atoms with Crippen LogP contribution in [-0.2, 0) is 14.4 Å². The molecule has 2 aliphatic rings. The van der Waals surface area contributed by atoms with Crippen LogP contribution in [0, 0.1) is 5.92 Å². The van der Waals surface area contributed by atoms with Crippen LogP contribution in [0.5, 0.6) is 0 Å². The van der Waals surface area contributed by atoms with Gasteiger partial charge in [-0.1, -0.05) is 67.6 Å². The number of benzene rings is 2. The van der Waals surface area contributed by atoms with Gasteiger partial charge in [-0.25, -0.2) is 4.79 Å². The second-order valence-electron chi connectivity index (χ2n) is 10.6. The molecule has 2 fully saturated rings. The molecule has 40 heavy (non-hydrogen) atoms. The van der Waals surface area contributed by atoms with E-state index in [2.05, 4.69) is 21.2 Å². The highest BCUT2D eigenvalue weighted by molar-refractivity contribution is 6.07. The highest BCUT2D eigenvalue weighted by atomic mass is 16.2. The highest BCUT2D eigenvalue weighted by Gasteiger charge is 2.48. The standard InChI is InChI=1S/C29H39BN6O4/c1-2-22(35-30)26(37)34-25-20(17-32-29(31)40)13-14-21-15-16-23(36(21)28(25)39)27(38)33-24(18-9-5-3-6-10-18)19-11-7-4-8-12-19/h3-12,20-25,35H,2,13-17,30H2,1H3,(H,33,38)(H,34,37)(H3,31,32,40)/t20-,21+,22+,23+,25+/m1/s1. The predicted octanol–water partition coefficient (Wildman–Crippen LogP) is 0.731. The van der Waals surface area contributed by atoms with Crippen LogP contribution in [0.1, 0.15) is 56.2 Å². The molecule has 4 rings (SSSR count). The molecule has 5 amide bonds. The summed E-state index contributed by atoms with van der Waals surface area (Å²) in [7, 11) is 1.70. The molecular weight excluding hydrogens is 507 g/mol. The van der Waals surface area contributed by atoms with Gasteiger partial charge in [-0.3, -0.25) is 14.4 Å². The molecule has 2 heterocycles. The van der Waals surface area contributed by atoms with E-state index in [1.807, 2.05) is 67.6 Å². The molecule has 0 aliphatic carbocycles. The maximum Gasteiger partial charge on any atom is 0.312 e. The zero-order valence-electron chi connectivity index (χ0n) is 23.1. The van der Waals surface area contributed by atoms with Gasteiger partial charge in [0.15, 0.2) is 7.98 Å². The summed E-state index contributed by atoms with van der Waals surface area (Å²) in [4.78, 5) is 54.2. The second kappa shape index (κ2) is 13.5. The van der Waals surface area contributed by atoms with E-state index in [-0.39, 0.29) is 42.3 Å². The Bertz CT molecular complexity index is 1140. The normalized spacial score (nSPS) is 23.1. The molecule has 0 saturated carbocycles. The minimum atomic E-state index is -0.890. The third-order valence-electron chi connectivity index (χ3n) is 8.13. The molecule has 0 aromatic heterocycles. The van der Waals surface area contributed by atoms with Crippen LogP contribution in [0.15, 0.2) is 60.7 Å². The van der Waals surface area contributed by atoms with E-state index in [9.17, 15) is 19.2 Å². The van der Waals surface area contributed by atoms with Crippen LogP contribution >= 0.6 is 0 Å². The summed E-state index contributed by atoms with van der Waals surface area (Å²) in [6.07, 6.45) is 3.04. The molecule has 0 radical (unpaired) electrons. The molecule has 2 aromatic rings. The van der Waals surface area contributed by atoms with Crippen LogP contribution in [0.3, 0.4) is 0 Å². The van der Waals surface area contributed by atoms with E-state index >= 15 is 0 Å². The van der Waals surface area contributed by atoms with Crippen molar-refractivity contribution in [2.45, 2.75) is 69.2 Å². The van der Waals surface area contributed by atoms with E-state index in [0.717, 1.165) is 11.1 Å². The van der Waals surface area contributed by atoms with E-state index in [1.54, 1.807) is 12.9 Å². The highest BCUT2D eigenvalue weighted by Crippen LogP contribution is 2.34. The van der Waals surface area contributed by atoms with Gasteiger partial charge in [0.1, 0.15) is 12.1 Å². The van der Waals surface area contributed by atoms with E-state index in [4.69, 9.17) is 5.73 Å². The Morgan fingerprint density at radius 2 is 1.57 bits per heavy atom. The predicted molar refractivity (Wildman–Crippen MR) is 155 cm³/mol. The molecule has 212 valence electrons. The minimum absolute atomic E-state index is 0.126. The number of fused-ring (bicyclic) bond motifs is 1. The van der Waals surface area contributed by atoms with Crippen LogP contribution in [0.4, 0.5) is 4.79 Å². The number of nitrogens with one attached hydrogen (secondary N) is 4. The van der Waals surface area contributed by atoms with E-state index in [0.29, 0.717) is 32.1 Å². The molecule has 2 saturated heterocycles. The van der Waals surface area contributed by atoms with Crippen molar-refractivity contribution < 1.29 is 19.2 Å². The number of amides is 5. The SMILES string of the molecule is BN[C@@H](CC)C(=O)N[C@@H]1C(=O)N2[C@@H](CC[C@@H]1CNC(N)=O)CC[C@H]2C(=O)NC(c1ccccc1)c1ccccc1. The average molecular weight is 546 g/mol. The number of hydrogen-bond donors (Lipinski definition) is 5. The summed E-state index contributed by atoms with van der Waals surface area (Å²) in [5.74, 6) is -1.17. The first-order valence-electron chi connectivity index (χ1n) is 14.1. The van der Waals surface area contributed by atoms with E-state index in [1.165, 1.54) is 0 Å². The van der Waals surface area contributed by atoms with Gasteiger partial charge >= 0.3 is 6.03 Å². The van der Waals surface area contributed by atoms with Gasteiger partial charge in [0, 0.05) is 18.5 Å². The van der Waals surface area contributed by atoms with Crippen LogP contribution in [0.25, 0.3) is 0 Å². The molecule has 2 aliphatic heterocycles. The Morgan fingerprint density at radius 1 is 0.975 bits per heavy atom. The zero-order chi connectivity index (χ0) is 28.6. The largest absolute Gasteiger partial charge is 0.352 e. The van der Waals surface area contributed by atoms with Crippen LogP contribution in [0.2, 0.25) is 0 Å². The fraction of sp³-hybridized carbons (Fsp3) is 0.448. The first-order chi connectivity index (χ1) is 19.3. The maximum absolute atomic E-state index is 14.1. The number of carbonyl (C=O) groups excluding carboxylic acids is 4. The van der Waals surface area contributed by atoms with Crippen LogP contribution < -0.4 is 26.9 Å². The first kappa shape index (κ1) is 29.1. The lowest BCUT2D eigenvalue weighted by Crippen LogP contribution is -2.59. The Hall–Kier alpha value is -3.86. The van der Waals surface area contributed by atoms with Crippen molar-refractivity contribution in [1.29, 1.82) is 0 Å². The first-order valence-corrected chi connectivity index (χ1v) is 14.1. The number of rotatable bonds is 10. The minimum Gasteiger partial charge on any atom is -0.352 e. The quantitative estimate of drug-likeness (QED) is 0.279. The van der Waals surface area contributed by atoms with Gasteiger partial charge in [-0.05, 0) is 43.2 Å². The molecule has 10 nitrogen and oxygen atoms in total. The van der Waals surface area contributed by atoms with Crippen molar-refractivity contribution in [2.75, 3.05) is 6.54 Å². The molecule has 0 spiro atoms. The Balaban J connectivity index is 1.59. The van der Waals surface area contributed by atoms with Gasteiger partial charge in [-0.2, -0.15) is 0 Å². The molecule has 5 atom stereocenters. The van der Waals surface area contributed by atoms with Crippen molar-refractivity contribution in [3.8, 4) is 0 Å². The van der Waals surface area contributed by atoms with Gasteiger partial charge in [0.05, 0.1) is 12.1 Å². The number of nitrogens with zero attached hydrogens (tertiary/aromatic N) is 1. The number of carbonyl (C=O) groups is 4. The summed E-state index contributed by atoms with van der Waals surface area (Å²) in [6, 6.07) is 16.3. The van der Waals surface area contributed by atoms with Gasteiger partial charge in [0.25, 0.3) is 0 Å². The fourth-order valence-corrected chi connectivity index (χ4v) is 5.99.